The average Bonchev–Trinajstić information content (AvgIpc) is 2.40. The van der Waals surface area contributed by atoms with Crippen LogP contribution in [0.25, 0.3) is 0 Å². The Morgan fingerprint density at radius 2 is 1.00 bits per heavy atom. The minimum Gasteiger partial charge on any atom is -0.309 e. The van der Waals surface area contributed by atoms with E-state index in [4.69, 9.17) is 0 Å². The molecule has 0 saturated heterocycles. The molecule has 0 unspecified atom stereocenters. The average molecular weight is 369 g/mol. The summed E-state index contributed by atoms with van der Waals surface area (Å²) in [5, 5.41) is 0. The second-order valence-electron chi connectivity index (χ2n) is 7.37. The lowest BCUT2D eigenvalue weighted by molar-refractivity contribution is -0.128. The van der Waals surface area contributed by atoms with Gasteiger partial charge in [-0.25, -0.2) is 0 Å². The maximum Gasteiger partial charge on any atom is 0.141 e. The second-order valence-corrected chi connectivity index (χ2v) is 7.37. The fourth-order valence-electron chi connectivity index (χ4n) is 3.53. The Balaban J connectivity index is 0. The number of rotatable bonds is 4. The van der Waals surface area contributed by atoms with Gasteiger partial charge in [0.2, 0.25) is 0 Å². The molecule has 1 aliphatic rings. The molecular weight excluding hydrogens is 331 g/mol. The summed E-state index contributed by atoms with van der Waals surface area (Å²) in [5.74, 6) is 1.01. The summed E-state index contributed by atoms with van der Waals surface area (Å²) in [7, 11) is 8.35. The number of nitrogens with zero attached hydrogens (tertiary/aromatic N) is 2. The highest BCUT2D eigenvalue weighted by Gasteiger charge is 2.27. The predicted octanol–water partition coefficient (Wildman–Crippen LogP) is 4.28. The van der Waals surface area contributed by atoms with E-state index in [0.717, 1.165) is 25.9 Å². The van der Waals surface area contributed by atoms with Gasteiger partial charge < -0.3 is 9.80 Å². The third-order valence-corrected chi connectivity index (χ3v) is 4.58. The van der Waals surface area contributed by atoms with Crippen LogP contribution in [0.3, 0.4) is 0 Å². The molecule has 0 amide bonds. The number of halogens is 2. The summed E-state index contributed by atoms with van der Waals surface area (Å²) in [6.07, 6.45) is 11.3. The molecule has 5 heteroatoms. The largest absolute Gasteiger partial charge is 0.309 e. The maximum atomic E-state index is 13.0. The molecule has 0 aromatic carbocycles. The monoisotopic (exact) mass is 368 g/mol. The molecule has 0 heterocycles. The van der Waals surface area contributed by atoms with Crippen molar-refractivity contribution in [1.82, 2.24) is 9.80 Å². The first kappa shape index (κ1) is 25.4. The van der Waals surface area contributed by atoms with Crippen LogP contribution in [0.4, 0.5) is 0 Å². The molecule has 3 nitrogen and oxygen atoms in total. The van der Waals surface area contributed by atoms with Crippen LogP contribution < -0.4 is 0 Å². The van der Waals surface area contributed by atoms with Gasteiger partial charge in [-0.3, -0.25) is 4.79 Å². The van der Waals surface area contributed by atoms with E-state index >= 15 is 0 Å². The molecule has 0 bridgehead atoms. The van der Waals surface area contributed by atoms with E-state index in [-0.39, 0.29) is 36.6 Å². The van der Waals surface area contributed by atoms with Crippen molar-refractivity contribution in [3.05, 3.63) is 0 Å². The number of carbonyl (C=O) groups is 1. The topological polar surface area (TPSA) is 23.6 Å². The fourth-order valence-corrected chi connectivity index (χ4v) is 3.53. The minimum absolute atomic E-state index is 0. The van der Waals surface area contributed by atoms with Crippen molar-refractivity contribution in [2.45, 2.75) is 57.8 Å². The summed E-state index contributed by atoms with van der Waals surface area (Å²) >= 11 is 0. The predicted molar refractivity (Wildman–Crippen MR) is 105 cm³/mol. The Hall–Kier alpha value is 0.170. The highest BCUT2D eigenvalue weighted by atomic mass is 35.5. The van der Waals surface area contributed by atoms with E-state index < -0.39 is 0 Å². The molecule has 0 spiro atoms. The van der Waals surface area contributed by atoms with Crippen LogP contribution in [0.5, 0.6) is 0 Å². The molecular formula is C18H38Cl2N2O. The molecule has 23 heavy (non-hydrogen) atoms. The van der Waals surface area contributed by atoms with E-state index in [1.807, 2.05) is 0 Å². The van der Waals surface area contributed by atoms with Crippen LogP contribution >= 0.6 is 24.8 Å². The van der Waals surface area contributed by atoms with Gasteiger partial charge in [0.25, 0.3) is 0 Å². The van der Waals surface area contributed by atoms with Gasteiger partial charge in [0, 0.05) is 24.9 Å². The molecule has 0 aromatic heterocycles. The lowest BCUT2D eigenvalue weighted by atomic mass is 9.84. The van der Waals surface area contributed by atoms with Gasteiger partial charge in [0.1, 0.15) is 5.78 Å². The van der Waals surface area contributed by atoms with Gasteiger partial charge in [-0.05, 0) is 41.0 Å². The Morgan fingerprint density at radius 3 is 1.30 bits per heavy atom. The molecule has 1 fully saturated rings. The second kappa shape index (κ2) is 14.5. The molecule has 1 saturated carbocycles. The van der Waals surface area contributed by atoms with E-state index in [1.165, 1.54) is 44.9 Å². The van der Waals surface area contributed by atoms with E-state index in [1.54, 1.807) is 0 Å². The van der Waals surface area contributed by atoms with Gasteiger partial charge in [-0.1, -0.05) is 44.9 Å². The third-order valence-electron chi connectivity index (χ3n) is 4.58. The molecule has 0 aromatic rings. The summed E-state index contributed by atoms with van der Waals surface area (Å²) in [4.78, 5) is 17.3. The molecule has 0 radical (unpaired) electrons. The maximum absolute atomic E-state index is 13.0. The van der Waals surface area contributed by atoms with Gasteiger partial charge in [0.05, 0.1) is 0 Å². The first-order chi connectivity index (χ1) is 10.0. The Bertz CT molecular complexity index is 273. The number of Topliss-reactive ketones (excluding diaryl/α,β-unsaturated/α-hetero) is 1. The normalized spacial score (nSPS) is 24.3. The Morgan fingerprint density at radius 1 is 0.696 bits per heavy atom. The molecule has 1 aliphatic carbocycles. The first-order valence-corrected chi connectivity index (χ1v) is 8.84. The van der Waals surface area contributed by atoms with E-state index in [2.05, 4.69) is 38.0 Å². The summed E-state index contributed by atoms with van der Waals surface area (Å²) < 4.78 is 0. The number of carbonyl (C=O) groups excluding carboxylic acids is 1. The molecule has 140 valence electrons. The van der Waals surface area contributed by atoms with Crippen molar-refractivity contribution >= 4 is 30.6 Å². The zero-order valence-corrected chi connectivity index (χ0v) is 17.2. The first-order valence-electron chi connectivity index (χ1n) is 8.84. The van der Waals surface area contributed by atoms with Crippen LogP contribution in [-0.2, 0) is 4.79 Å². The van der Waals surface area contributed by atoms with Crippen molar-refractivity contribution in [2.24, 2.45) is 11.8 Å². The van der Waals surface area contributed by atoms with Gasteiger partial charge >= 0.3 is 0 Å². The lowest BCUT2D eigenvalue weighted by Gasteiger charge is -2.27. The number of ketones is 1. The van der Waals surface area contributed by atoms with Crippen molar-refractivity contribution in [3.63, 3.8) is 0 Å². The van der Waals surface area contributed by atoms with Crippen molar-refractivity contribution < 1.29 is 4.79 Å². The fraction of sp³-hybridized carbons (Fsp3) is 0.944. The van der Waals surface area contributed by atoms with Crippen LogP contribution in [-0.4, -0.2) is 56.9 Å². The van der Waals surface area contributed by atoms with E-state index in [9.17, 15) is 4.79 Å². The van der Waals surface area contributed by atoms with Crippen LogP contribution in [0.2, 0.25) is 0 Å². The van der Waals surface area contributed by atoms with Crippen molar-refractivity contribution in [2.75, 3.05) is 41.3 Å². The summed E-state index contributed by atoms with van der Waals surface area (Å²) in [6, 6.07) is 0. The van der Waals surface area contributed by atoms with Crippen LogP contribution in [0, 0.1) is 11.8 Å². The minimum atomic E-state index is 0. The zero-order chi connectivity index (χ0) is 15.7. The highest BCUT2D eigenvalue weighted by Crippen LogP contribution is 2.23. The Labute approximate surface area is 156 Å². The van der Waals surface area contributed by atoms with Crippen molar-refractivity contribution in [3.8, 4) is 0 Å². The third kappa shape index (κ3) is 11.4. The lowest BCUT2D eigenvalue weighted by Crippen LogP contribution is -2.36. The zero-order valence-electron chi connectivity index (χ0n) is 15.6. The standard InChI is InChI=1S/C18H36N2O.2ClH/c1-19(2)14-16-12-10-8-6-5-7-9-11-13-17(18(16)21)15-20(3)4;;/h16-17H,5-15H2,1-4H3;2*1H/t16-,17+;;. The quantitative estimate of drug-likeness (QED) is 0.739. The Kier molecular flexibility index (Phi) is 16.0. The van der Waals surface area contributed by atoms with E-state index in [0.29, 0.717) is 5.78 Å². The van der Waals surface area contributed by atoms with Gasteiger partial charge in [0.15, 0.2) is 0 Å². The molecule has 1 rings (SSSR count). The smallest absolute Gasteiger partial charge is 0.141 e. The number of hydrogen-bond donors (Lipinski definition) is 0. The van der Waals surface area contributed by atoms with Crippen molar-refractivity contribution in [1.29, 1.82) is 0 Å². The van der Waals surface area contributed by atoms with Gasteiger partial charge in [-0.2, -0.15) is 0 Å². The highest BCUT2D eigenvalue weighted by molar-refractivity contribution is 5.85. The summed E-state index contributed by atoms with van der Waals surface area (Å²) in [5.41, 5.74) is 0. The van der Waals surface area contributed by atoms with Crippen LogP contribution in [0.15, 0.2) is 0 Å². The number of hydrogen-bond acceptors (Lipinski definition) is 3. The van der Waals surface area contributed by atoms with Crippen LogP contribution in [0.1, 0.15) is 57.8 Å². The van der Waals surface area contributed by atoms with Gasteiger partial charge in [-0.15, -0.1) is 24.8 Å². The molecule has 0 N–H and O–H groups in total. The molecule has 0 aliphatic heterocycles. The molecule has 2 atom stereocenters. The SMILES string of the molecule is CN(C)C[C@H]1CCCCCCCCC[C@@H](CN(C)C)C1=O.Cl.Cl. The summed E-state index contributed by atoms with van der Waals surface area (Å²) in [6.45, 7) is 1.84.